The van der Waals surface area contributed by atoms with Gasteiger partial charge in [0.25, 0.3) is 0 Å². The summed E-state index contributed by atoms with van der Waals surface area (Å²) < 4.78 is 26.2. The number of fused-ring (bicyclic) bond motifs is 1. The van der Waals surface area contributed by atoms with Crippen molar-refractivity contribution >= 4 is 16.9 Å². The smallest absolute Gasteiger partial charge is 0.309 e. The summed E-state index contributed by atoms with van der Waals surface area (Å²) in [6, 6.07) is 9.47. The number of nitrogens with one attached hydrogen (secondary N) is 1. The molecular weight excluding hydrogens is 437 g/mol. The Labute approximate surface area is 197 Å². The van der Waals surface area contributed by atoms with Gasteiger partial charge in [-0.15, -0.1) is 5.48 Å². The molecule has 178 valence electrons. The van der Waals surface area contributed by atoms with E-state index in [2.05, 4.69) is 39.2 Å². The standard InChI is InChI=1S/C25H28FN5O3/c1-15(2)24-29-25(34-30-24)31-11-8-16(9-12-31)33-21-7-10-27-23-17(5-4-6-18(21)23)19-14-28-22(32-3)13-20(19)26/h4-7,10,13-16,24,30H,8-9,11-12H2,1-3H3. The van der Waals surface area contributed by atoms with E-state index >= 15 is 0 Å². The summed E-state index contributed by atoms with van der Waals surface area (Å²) in [6.07, 6.45) is 4.90. The summed E-state index contributed by atoms with van der Waals surface area (Å²) in [6.45, 7) is 5.81. The van der Waals surface area contributed by atoms with Gasteiger partial charge in [-0.05, 0) is 18.1 Å². The Hall–Kier alpha value is -3.46. The van der Waals surface area contributed by atoms with Gasteiger partial charge in [-0.3, -0.25) is 4.98 Å². The normalized spacial score (nSPS) is 18.8. The lowest BCUT2D eigenvalue weighted by molar-refractivity contribution is 0.0971. The van der Waals surface area contributed by atoms with Crippen LogP contribution in [-0.4, -0.2) is 53.4 Å². The zero-order valence-electron chi connectivity index (χ0n) is 19.5. The van der Waals surface area contributed by atoms with E-state index in [1.165, 1.54) is 19.4 Å². The Morgan fingerprint density at radius 1 is 1.15 bits per heavy atom. The monoisotopic (exact) mass is 465 g/mol. The second-order valence-corrected chi connectivity index (χ2v) is 8.84. The molecule has 0 saturated carbocycles. The molecule has 0 amide bonds. The van der Waals surface area contributed by atoms with Gasteiger partial charge in [0.2, 0.25) is 5.88 Å². The average Bonchev–Trinajstić information content (AvgIpc) is 3.35. The number of amidine groups is 1. The third-order valence-corrected chi connectivity index (χ3v) is 6.22. The van der Waals surface area contributed by atoms with Crippen LogP contribution in [-0.2, 0) is 4.84 Å². The lowest BCUT2D eigenvalue weighted by Crippen LogP contribution is -2.42. The average molecular weight is 466 g/mol. The second-order valence-electron chi connectivity index (χ2n) is 8.84. The van der Waals surface area contributed by atoms with Crippen molar-refractivity contribution in [3.8, 4) is 22.8 Å². The van der Waals surface area contributed by atoms with Gasteiger partial charge in [0.05, 0.1) is 12.6 Å². The van der Waals surface area contributed by atoms with E-state index in [1.54, 1.807) is 6.20 Å². The number of pyridine rings is 2. The fourth-order valence-electron chi connectivity index (χ4n) is 4.25. The summed E-state index contributed by atoms with van der Waals surface area (Å²) in [4.78, 5) is 21.1. The number of aliphatic imine (C=N–C) groups is 1. The maximum atomic E-state index is 14.7. The first-order valence-electron chi connectivity index (χ1n) is 11.5. The van der Waals surface area contributed by atoms with Crippen molar-refractivity contribution in [2.24, 2.45) is 10.9 Å². The van der Waals surface area contributed by atoms with Gasteiger partial charge in [-0.2, -0.15) is 0 Å². The minimum atomic E-state index is -0.411. The minimum absolute atomic E-state index is 0.00732. The second kappa shape index (κ2) is 9.42. The zero-order chi connectivity index (χ0) is 23.7. The summed E-state index contributed by atoms with van der Waals surface area (Å²) in [5, 5.41) is 0.838. The highest BCUT2D eigenvalue weighted by Crippen LogP contribution is 2.34. The highest BCUT2D eigenvalue weighted by atomic mass is 19.1. The fraction of sp³-hybridized carbons (Fsp3) is 0.400. The molecule has 1 aromatic carbocycles. The first kappa shape index (κ1) is 22.3. The van der Waals surface area contributed by atoms with E-state index < -0.39 is 5.82 Å². The molecule has 9 heteroatoms. The number of para-hydroxylation sites is 1. The third-order valence-electron chi connectivity index (χ3n) is 6.22. The molecule has 0 bridgehead atoms. The molecule has 2 aromatic heterocycles. The van der Waals surface area contributed by atoms with E-state index in [0.29, 0.717) is 28.6 Å². The number of aromatic nitrogens is 2. The Morgan fingerprint density at radius 3 is 2.68 bits per heavy atom. The minimum Gasteiger partial charge on any atom is -0.490 e. The van der Waals surface area contributed by atoms with Crippen LogP contribution in [0.15, 0.2) is 47.7 Å². The number of nitrogens with zero attached hydrogens (tertiary/aromatic N) is 4. The number of benzene rings is 1. The summed E-state index contributed by atoms with van der Waals surface area (Å²) >= 11 is 0. The van der Waals surface area contributed by atoms with Crippen LogP contribution in [0.1, 0.15) is 26.7 Å². The molecule has 8 nitrogen and oxygen atoms in total. The van der Waals surface area contributed by atoms with Crippen molar-refractivity contribution in [2.75, 3.05) is 20.2 Å². The first-order chi connectivity index (χ1) is 16.5. The molecule has 1 atom stereocenters. The maximum Gasteiger partial charge on any atom is 0.309 e. The zero-order valence-corrected chi connectivity index (χ0v) is 19.5. The van der Waals surface area contributed by atoms with Crippen LogP contribution in [0.4, 0.5) is 4.39 Å². The van der Waals surface area contributed by atoms with Crippen LogP contribution in [0, 0.1) is 11.7 Å². The quantitative estimate of drug-likeness (QED) is 0.606. The Kier molecular flexibility index (Phi) is 6.19. The molecular formula is C25H28FN5O3. The van der Waals surface area contributed by atoms with E-state index in [4.69, 9.17) is 14.3 Å². The summed E-state index contributed by atoms with van der Waals surface area (Å²) in [5.41, 5.74) is 4.68. The lowest BCUT2D eigenvalue weighted by atomic mass is 10.0. The number of piperidine rings is 1. The third kappa shape index (κ3) is 4.35. The largest absolute Gasteiger partial charge is 0.490 e. The Balaban J connectivity index is 1.33. The van der Waals surface area contributed by atoms with Crippen molar-refractivity contribution in [2.45, 2.75) is 39.0 Å². The van der Waals surface area contributed by atoms with Gasteiger partial charge < -0.3 is 19.2 Å². The predicted molar refractivity (Wildman–Crippen MR) is 127 cm³/mol. The van der Waals surface area contributed by atoms with Crippen molar-refractivity contribution in [1.29, 1.82) is 0 Å². The van der Waals surface area contributed by atoms with E-state index in [1.807, 2.05) is 24.3 Å². The van der Waals surface area contributed by atoms with Crippen molar-refractivity contribution in [3.63, 3.8) is 0 Å². The van der Waals surface area contributed by atoms with Crippen molar-refractivity contribution in [3.05, 3.63) is 48.5 Å². The van der Waals surface area contributed by atoms with Gasteiger partial charge in [0.15, 0.2) is 0 Å². The van der Waals surface area contributed by atoms with Gasteiger partial charge >= 0.3 is 6.02 Å². The molecule has 1 fully saturated rings. The van der Waals surface area contributed by atoms with Gasteiger partial charge in [0, 0.05) is 60.9 Å². The lowest BCUT2D eigenvalue weighted by Gasteiger charge is -2.32. The molecule has 1 N–H and O–H groups in total. The van der Waals surface area contributed by atoms with Crippen LogP contribution < -0.4 is 15.0 Å². The molecule has 34 heavy (non-hydrogen) atoms. The molecule has 5 rings (SSSR count). The SMILES string of the molecule is COc1cc(F)c(-c2cccc3c(OC4CCN(C5=NC(C(C)C)NO5)CC4)ccnc23)cn1. The van der Waals surface area contributed by atoms with Gasteiger partial charge in [-0.25, -0.2) is 14.4 Å². The molecule has 2 aliphatic heterocycles. The topological polar surface area (TPSA) is 81.1 Å². The highest BCUT2D eigenvalue weighted by Gasteiger charge is 2.29. The molecule has 0 spiro atoms. The van der Waals surface area contributed by atoms with Crippen LogP contribution >= 0.6 is 0 Å². The number of ether oxygens (including phenoxy) is 2. The van der Waals surface area contributed by atoms with Crippen LogP contribution in [0.3, 0.4) is 0 Å². The number of hydrogen-bond donors (Lipinski definition) is 1. The fourth-order valence-corrected chi connectivity index (χ4v) is 4.25. The number of likely N-dealkylation sites (tertiary alicyclic amines) is 1. The molecule has 0 radical (unpaired) electrons. The van der Waals surface area contributed by atoms with Gasteiger partial charge in [-0.1, -0.05) is 26.0 Å². The number of methoxy groups -OCH3 is 1. The van der Waals surface area contributed by atoms with Crippen molar-refractivity contribution in [1.82, 2.24) is 20.3 Å². The van der Waals surface area contributed by atoms with Crippen LogP contribution in [0.25, 0.3) is 22.0 Å². The maximum absolute atomic E-state index is 14.7. The molecule has 1 saturated heterocycles. The summed E-state index contributed by atoms with van der Waals surface area (Å²) in [5.74, 6) is 0.925. The highest BCUT2D eigenvalue weighted by molar-refractivity contribution is 5.96. The van der Waals surface area contributed by atoms with E-state index in [0.717, 1.165) is 37.1 Å². The van der Waals surface area contributed by atoms with Gasteiger partial charge in [0.1, 0.15) is 23.8 Å². The van der Waals surface area contributed by atoms with E-state index in [9.17, 15) is 4.39 Å². The number of rotatable bonds is 5. The Morgan fingerprint density at radius 2 is 1.97 bits per heavy atom. The number of halogens is 1. The van der Waals surface area contributed by atoms with Crippen molar-refractivity contribution < 1.29 is 18.7 Å². The predicted octanol–water partition coefficient (Wildman–Crippen LogP) is 4.16. The molecule has 4 heterocycles. The molecule has 2 aliphatic rings. The number of hydrogen-bond acceptors (Lipinski definition) is 8. The molecule has 1 unspecified atom stereocenters. The molecule has 3 aromatic rings. The van der Waals surface area contributed by atoms with Crippen LogP contribution in [0.2, 0.25) is 0 Å². The van der Waals surface area contributed by atoms with Crippen LogP contribution in [0.5, 0.6) is 11.6 Å². The first-order valence-corrected chi connectivity index (χ1v) is 11.5. The summed E-state index contributed by atoms with van der Waals surface area (Å²) in [7, 11) is 1.46. The molecule has 0 aliphatic carbocycles. The Bertz CT molecular complexity index is 1210. The van der Waals surface area contributed by atoms with E-state index in [-0.39, 0.29) is 18.1 Å². The number of hydroxylamine groups is 1.